The summed E-state index contributed by atoms with van der Waals surface area (Å²) in [7, 11) is 0. The topological polar surface area (TPSA) is 40.6 Å². The second-order valence-corrected chi connectivity index (χ2v) is 6.60. The van der Waals surface area contributed by atoms with Crippen molar-refractivity contribution in [3.8, 4) is 0 Å². The quantitative estimate of drug-likeness (QED) is 0.861. The van der Waals surface area contributed by atoms with Gasteiger partial charge in [0.05, 0.1) is 0 Å². The molecule has 1 fully saturated rings. The predicted molar refractivity (Wildman–Crippen MR) is 88.9 cm³/mol. The van der Waals surface area contributed by atoms with Crippen molar-refractivity contribution in [2.24, 2.45) is 5.92 Å². The number of piperazine rings is 1. The molecular formula is C18H26N2O2. The highest BCUT2D eigenvalue weighted by atomic mass is 16.2. The van der Waals surface area contributed by atoms with Crippen molar-refractivity contribution in [2.75, 3.05) is 18.0 Å². The zero-order chi connectivity index (χ0) is 16.4. The number of hydrogen-bond acceptors (Lipinski definition) is 2. The van der Waals surface area contributed by atoms with Crippen LogP contribution in [0.15, 0.2) is 24.3 Å². The second kappa shape index (κ2) is 6.51. The van der Waals surface area contributed by atoms with Crippen molar-refractivity contribution in [1.82, 2.24) is 4.90 Å². The summed E-state index contributed by atoms with van der Waals surface area (Å²) in [4.78, 5) is 28.3. The molecule has 2 rings (SSSR count). The summed E-state index contributed by atoms with van der Waals surface area (Å²) in [5, 5.41) is 0. The average molecular weight is 302 g/mol. The summed E-state index contributed by atoms with van der Waals surface area (Å²) < 4.78 is 0. The number of anilines is 1. The molecule has 22 heavy (non-hydrogen) atoms. The molecular weight excluding hydrogens is 276 g/mol. The first-order chi connectivity index (χ1) is 10.3. The fourth-order valence-electron chi connectivity index (χ4n) is 2.80. The van der Waals surface area contributed by atoms with E-state index in [1.807, 2.05) is 32.9 Å². The van der Waals surface area contributed by atoms with Crippen LogP contribution in [0.1, 0.15) is 46.1 Å². The third kappa shape index (κ3) is 3.16. The van der Waals surface area contributed by atoms with Crippen LogP contribution in [0.3, 0.4) is 0 Å². The van der Waals surface area contributed by atoms with Crippen LogP contribution in [0.2, 0.25) is 0 Å². The standard InChI is InChI=1S/C18H26N2O2/c1-12(2)15-6-8-16(9-7-15)20-11-10-19(14(5)18(20)22)17(21)13(3)4/h6-9,12-14H,10-11H2,1-5H3/t14-/m1/s1. The number of benzene rings is 1. The zero-order valence-electron chi connectivity index (χ0n) is 14.2. The van der Waals surface area contributed by atoms with Gasteiger partial charge in [-0.15, -0.1) is 0 Å². The molecule has 0 bridgehead atoms. The van der Waals surface area contributed by atoms with E-state index < -0.39 is 6.04 Å². The lowest BCUT2D eigenvalue weighted by atomic mass is 10.0. The van der Waals surface area contributed by atoms with E-state index in [0.29, 0.717) is 19.0 Å². The summed E-state index contributed by atoms with van der Waals surface area (Å²) in [5.74, 6) is 0.449. The minimum Gasteiger partial charge on any atom is -0.329 e. The van der Waals surface area contributed by atoms with Crippen LogP contribution in [0.5, 0.6) is 0 Å². The van der Waals surface area contributed by atoms with Crippen molar-refractivity contribution in [1.29, 1.82) is 0 Å². The molecule has 120 valence electrons. The summed E-state index contributed by atoms with van der Waals surface area (Å²) in [5.41, 5.74) is 2.18. The lowest BCUT2D eigenvalue weighted by Gasteiger charge is -2.40. The predicted octanol–water partition coefficient (Wildman–Crippen LogP) is 3.03. The molecule has 1 aliphatic rings. The normalized spacial score (nSPS) is 19.2. The SMILES string of the molecule is CC(C)C(=O)N1CCN(c2ccc(C(C)C)cc2)C(=O)[C@H]1C. The number of rotatable bonds is 3. The highest BCUT2D eigenvalue weighted by molar-refractivity contribution is 6.00. The largest absolute Gasteiger partial charge is 0.329 e. The van der Waals surface area contributed by atoms with Crippen molar-refractivity contribution < 1.29 is 9.59 Å². The maximum Gasteiger partial charge on any atom is 0.249 e. The number of amides is 2. The minimum absolute atomic E-state index is 0.00227. The zero-order valence-corrected chi connectivity index (χ0v) is 14.2. The molecule has 1 aromatic carbocycles. The molecule has 1 saturated heterocycles. The van der Waals surface area contributed by atoms with Crippen LogP contribution in [-0.2, 0) is 9.59 Å². The van der Waals surface area contributed by atoms with Crippen molar-refractivity contribution in [3.05, 3.63) is 29.8 Å². The van der Waals surface area contributed by atoms with Gasteiger partial charge in [-0.3, -0.25) is 9.59 Å². The monoisotopic (exact) mass is 302 g/mol. The third-order valence-corrected chi connectivity index (χ3v) is 4.30. The maximum atomic E-state index is 12.6. The van der Waals surface area contributed by atoms with Gasteiger partial charge in [0, 0.05) is 24.7 Å². The highest BCUT2D eigenvalue weighted by Gasteiger charge is 2.35. The molecule has 0 aliphatic carbocycles. The van der Waals surface area contributed by atoms with Gasteiger partial charge >= 0.3 is 0 Å². The van der Waals surface area contributed by atoms with Crippen LogP contribution in [0.25, 0.3) is 0 Å². The lowest BCUT2D eigenvalue weighted by molar-refractivity contribution is -0.143. The molecule has 1 heterocycles. The van der Waals surface area contributed by atoms with E-state index in [-0.39, 0.29) is 17.7 Å². The van der Waals surface area contributed by atoms with Gasteiger partial charge in [-0.25, -0.2) is 0 Å². The smallest absolute Gasteiger partial charge is 0.249 e. The Hall–Kier alpha value is -1.84. The van der Waals surface area contributed by atoms with E-state index in [4.69, 9.17) is 0 Å². The molecule has 0 radical (unpaired) electrons. The Bertz CT molecular complexity index is 549. The van der Waals surface area contributed by atoms with Gasteiger partial charge in [0.25, 0.3) is 0 Å². The molecule has 1 atom stereocenters. The third-order valence-electron chi connectivity index (χ3n) is 4.30. The van der Waals surface area contributed by atoms with E-state index in [2.05, 4.69) is 26.0 Å². The summed E-state index contributed by atoms with van der Waals surface area (Å²) >= 11 is 0. The van der Waals surface area contributed by atoms with Gasteiger partial charge in [0.2, 0.25) is 11.8 Å². The Labute approximate surface area is 133 Å². The van der Waals surface area contributed by atoms with Crippen LogP contribution >= 0.6 is 0 Å². The van der Waals surface area contributed by atoms with Gasteiger partial charge in [-0.1, -0.05) is 39.8 Å². The van der Waals surface area contributed by atoms with E-state index in [1.165, 1.54) is 5.56 Å². The van der Waals surface area contributed by atoms with E-state index >= 15 is 0 Å². The first-order valence-corrected chi connectivity index (χ1v) is 8.04. The maximum absolute atomic E-state index is 12.6. The molecule has 0 aromatic heterocycles. The van der Waals surface area contributed by atoms with E-state index in [0.717, 1.165) is 5.69 Å². The summed E-state index contributed by atoms with van der Waals surface area (Å²) in [6.07, 6.45) is 0. The summed E-state index contributed by atoms with van der Waals surface area (Å²) in [6.45, 7) is 11.0. The molecule has 4 nitrogen and oxygen atoms in total. The fourth-order valence-corrected chi connectivity index (χ4v) is 2.80. The Morgan fingerprint density at radius 3 is 2.18 bits per heavy atom. The fraction of sp³-hybridized carbons (Fsp3) is 0.556. The molecule has 2 amide bonds. The Kier molecular flexibility index (Phi) is 4.89. The van der Waals surface area contributed by atoms with Crippen LogP contribution in [0.4, 0.5) is 5.69 Å². The average Bonchev–Trinajstić information content (AvgIpc) is 2.49. The first-order valence-electron chi connectivity index (χ1n) is 8.04. The van der Waals surface area contributed by atoms with Crippen molar-refractivity contribution in [3.63, 3.8) is 0 Å². The molecule has 0 spiro atoms. The Morgan fingerprint density at radius 1 is 1.09 bits per heavy atom. The minimum atomic E-state index is -0.395. The highest BCUT2D eigenvalue weighted by Crippen LogP contribution is 2.24. The molecule has 0 saturated carbocycles. The van der Waals surface area contributed by atoms with Gasteiger partial charge in [-0.05, 0) is 30.5 Å². The number of carbonyl (C=O) groups excluding carboxylic acids is 2. The van der Waals surface area contributed by atoms with Gasteiger partial charge in [-0.2, -0.15) is 0 Å². The van der Waals surface area contributed by atoms with E-state index in [9.17, 15) is 9.59 Å². The number of carbonyl (C=O) groups is 2. The van der Waals surface area contributed by atoms with E-state index in [1.54, 1.807) is 9.80 Å². The molecule has 1 aliphatic heterocycles. The molecule has 0 unspecified atom stereocenters. The van der Waals surface area contributed by atoms with Gasteiger partial charge < -0.3 is 9.80 Å². The van der Waals surface area contributed by atoms with Crippen LogP contribution < -0.4 is 4.90 Å². The Balaban J connectivity index is 2.15. The van der Waals surface area contributed by atoms with Gasteiger partial charge in [0.15, 0.2) is 0 Å². The number of hydrogen-bond donors (Lipinski definition) is 0. The van der Waals surface area contributed by atoms with Crippen LogP contribution in [-0.4, -0.2) is 35.8 Å². The van der Waals surface area contributed by atoms with Crippen LogP contribution in [0, 0.1) is 5.92 Å². The summed E-state index contributed by atoms with van der Waals surface area (Å²) in [6, 6.07) is 7.75. The second-order valence-electron chi connectivity index (χ2n) is 6.60. The van der Waals surface area contributed by atoms with Crippen molar-refractivity contribution >= 4 is 17.5 Å². The first kappa shape index (κ1) is 16.5. The number of nitrogens with zero attached hydrogens (tertiary/aromatic N) is 2. The Morgan fingerprint density at radius 2 is 1.68 bits per heavy atom. The molecule has 4 heteroatoms. The molecule has 1 aromatic rings. The lowest BCUT2D eigenvalue weighted by Crippen LogP contribution is -2.58. The van der Waals surface area contributed by atoms with Crippen molar-refractivity contribution in [2.45, 2.75) is 46.6 Å². The molecule has 0 N–H and O–H groups in total. The van der Waals surface area contributed by atoms with Gasteiger partial charge in [0.1, 0.15) is 6.04 Å².